The van der Waals surface area contributed by atoms with Crippen LogP contribution in [0.15, 0.2) is 29.1 Å². The van der Waals surface area contributed by atoms with Gasteiger partial charge in [-0.2, -0.15) is 5.10 Å². The van der Waals surface area contributed by atoms with Gasteiger partial charge in [0.05, 0.1) is 17.5 Å². The molecular formula is C14H14N4O5. The summed E-state index contributed by atoms with van der Waals surface area (Å²) in [5.74, 6) is -1.56. The van der Waals surface area contributed by atoms with E-state index in [4.69, 9.17) is 10.5 Å². The number of aromatic nitrogens is 2. The lowest BCUT2D eigenvalue weighted by atomic mass is 10.1. The number of benzene rings is 1. The van der Waals surface area contributed by atoms with Gasteiger partial charge < -0.3 is 10.5 Å². The summed E-state index contributed by atoms with van der Waals surface area (Å²) in [6, 6.07) is 5.62. The highest BCUT2D eigenvalue weighted by atomic mass is 16.5. The number of hydrogen-bond acceptors (Lipinski definition) is 6. The van der Waals surface area contributed by atoms with E-state index in [2.05, 4.69) is 10.2 Å². The van der Waals surface area contributed by atoms with E-state index in [-0.39, 0.29) is 12.0 Å². The zero-order valence-corrected chi connectivity index (χ0v) is 12.2. The molecule has 0 fully saturated rings. The molecule has 0 bridgehead atoms. The second kappa shape index (κ2) is 6.69. The average Bonchev–Trinajstić information content (AvgIpc) is 2.49. The molecule has 9 nitrogen and oxygen atoms in total. The smallest absolute Gasteiger partial charge is 0.318 e. The van der Waals surface area contributed by atoms with Crippen LogP contribution in [0.2, 0.25) is 0 Å². The van der Waals surface area contributed by atoms with Crippen molar-refractivity contribution in [1.82, 2.24) is 15.5 Å². The second-order valence-corrected chi connectivity index (χ2v) is 4.71. The van der Waals surface area contributed by atoms with Crippen LogP contribution in [0, 0.1) is 0 Å². The normalized spacial score (nSPS) is 11.7. The number of nitrogens with two attached hydrogens (primary N) is 1. The monoisotopic (exact) mass is 318 g/mol. The van der Waals surface area contributed by atoms with Crippen LogP contribution in [0.1, 0.15) is 12.6 Å². The summed E-state index contributed by atoms with van der Waals surface area (Å²) in [5.41, 5.74) is 4.75. The number of nitrogens with one attached hydrogen (secondary N) is 2. The Labute approximate surface area is 129 Å². The predicted molar refractivity (Wildman–Crippen MR) is 79.3 cm³/mol. The molecule has 1 atom stereocenters. The van der Waals surface area contributed by atoms with Gasteiger partial charge in [-0.3, -0.25) is 19.7 Å². The van der Waals surface area contributed by atoms with Crippen LogP contribution in [0.4, 0.5) is 4.79 Å². The molecule has 120 valence electrons. The molecule has 3 amide bonds. The van der Waals surface area contributed by atoms with E-state index >= 15 is 0 Å². The number of carbonyl (C=O) groups excluding carboxylic acids is 3. The fourth-order valence-electron chi connectivity index (χ4n) is 1.96. The Bertz CT molecular complexity index is 829. The molecule has 1 aromatic carbocycles. The summed E-state index contributed by atoms with van der Waals surface area (Å²) in [4.78, 5) is 45.6. The van der Waals surface area contributed by atoms with Gasteiger partial charge in [0, 0.05) is 5.39 Å². The Morgan fingerprint density at radius 1 is 1.30 bits per heavy atom. The van der Waals surface area contributed by atoms with E-state index in [1.807, 2.05) is 5.32 Å². The zero-order valence-electron chi connectivity index (χ0n) is 12.2. The largest absolute Gasteiger partial charge is 0.452 e. The van der Waals surface area contributed by atoms with Crippen molar-refractivity contribution in [1.29, 1.82) is 0 Å². The first-order valence-electron chi connectivity index (χ1n) is 6.64. The van der Waals surface area contributed by atoms with E-state index in [1.165, 1.54) is 6.92 Å². The van der Waals surface area contributed by atoms with Crippen molar-refractivity contribution in [3.05, 3.63) is 40.3 Å². The molecule has 2 rings (SSSR count). The topological polar surface area (TPSA) is 144 Å². The van der Waals surface area contributed by atoms with E-state index in [9.17, 15) is 19.2 Å². The van der Waals surface area contributed by atoms with Gasteiger partial charge in [-0.1, -0.05) is 18.2 Å². The minimum atomic E-state index is -1.19. The molecule has 0 saturated heterocycles. The number of nitrogens with zero attached hydrogens (tertiary/aromatic N) is 1. The van der Waals surface area contributed by atoms with Crippen LogP contribution in [0.25, 0.3) is 10.8 Å². The number of primary amides is 1. The van der Waals surface area contributed by atoms with Gasteiger partial charge in [0.15, 0.2) is 6.10 Å². The highest BCUT2D eigenvalue weighted by molar-refractivity contribution is 5.96. The van der Waals surface area contributed by atoms with Gasteiger partial charge in [-0.05, 0) is 13.0 Å². The number of rotatable bonds is 4. The molecule has 0 radical (unpaired) electrons. The van der Waals surface area contributed by atoms with Crippen LogP contribution >= 0.6 is 0 Å². The van der Waals surface area contributed by atoms with Crippen LogP contribution in [0.3, 0.4) is 0 Å². The van der Waals surface area contributed by atoms with Gasteiger partial charge in [-0.25, -0.2) is 9.89 Å². The van der Waals surface area contributed by atoms with Crippen molar-refractivity contribution in [3.8, 4) is 0 Å². The molecule has 0 saturated carbocycles. The standard InChI is InChI=1S/C14H14N4O5/c1-7(12(20)16-14(15)22)23-11(19)6-10-8-4-2-3-5-9(8)13(21)18-17-10/h2-5,7H,6H2,1H3,(H,18,21)(H3,15,16,20,22). The number of ether oxygens (including phenoxy) is 1. The fourth-order valence-corrected chi connectivity index (χ4v) is 1.96. The number of aromatic amines is 1. The second-order valence-electron chi connectivity index (χ2n) is 4.71. The number of hydrogen-bond donors (Lipinski definition) is 3. The Balaban J connectivity index is 2.12. The third kappa shape index (κ3) is 3.90. The van der Waals surface area contributed by atoms with Crippen molar-refractivity contribution >= 4 is 28.7 Å². The maximum absolute atomic E-state index is 11.9. The number of amides is 3. The van der Waals surface area contributed by atoms with Crippen LogP contribution in [0.5, 0.6) is 0 Å². The fraction of sp³-hybridized carbons (Fsp3) is 0.214. The molecule has 1 heterocycles. The SMILES string of the molecule is CC(OC(=O)Cc1n[nH]c(=O)c2ccccc12)C(=O)NC(N)=O. The van der Waals surface area contributed by atoms with Gasteiger partial charge in [0.2, 0.25) is 0 Å². The third-order valence-electron chi connectivity index (χ3n) is 3.01. The quantitative estimate of drug-likeness (QED) is 0.654. The van der Waals surface area contributed by atoms with Gasteiger partial charge in [0.25, 0.3) is 11.5 Å². The molecule has 0 spiro atoms. The molecule has 1 unspecified atom stereocenters. The number of esters is 1. The van der Waals surface area contributed by atoms with Gasteiger partial charge >= 0.3 is 12.0 Å². The van der Waals surface area contributed by atoms with Gasteiger partial charge in [-0.15, -0.1) is 0 Å². The average molecular weight is 318 g/mol. The predicted octanol–water partition coefficient (Wildman–Crippen LogP) is -0.408. The lowest BCUT2D eigenvalue weighted by Crippen LogP contribution is -2.42. The van der Waals surface area contributed by atoms with Gasteiger partial charge in [0.1, 0.15) is 0 Å². The molecule has 9 heteroatoms. The summed E-state index contributed by atoms with van der Waals surface area (Å²) >= 11 is 0. The molecule has 4 N–H and O–H groups in total. The maximum Gasteiger partial charge on any atom is 0.318 e. The lowest BCUT2D eigenvalue weighted by molar-refractivity contribution is -0.153. The maximum atomic E-state index is 11.9. The van der Waals surface area contributed by atoms with Crippen LogP contribution in [-0.4, -0.2) is 34.2 Å². The minimum Gasteiger partial charge on any atom is -0.452 e. The highest BCUT2D eigenvalue weighted by Gasteiger charge is 2.20. The number of carbonyl (C=O) groups is 3. The molecule has 0 aliphatic rings. The Kier molecular flexibility index (Phi) is 4.69. The molecule has 0 aliphatic heterocycles. The van der Waals surface area contributed by atoms with E-state index < -0.39 is 24.0 Å². The summed E-state index contributed by atoms with van der Waals surface area (Å²) in [7, 11) is 0. The summed E-state index contributed by atoms with van der Waals surface area (Å²) in [5, 5.41) is 8.85. The number of urea groups is 1. The highest BCUT2D eigenvalue weighted by Crippen LogP contribution is 2.13. The summed E-state index contributed by atoms with van der Waals surface area (Å²) < 4.78 is 4.91. The van der Waals surface area contributed by atoms with E-state index in [0.717, 1.165) is 0 Å². The number of imide groups is 1. The molecular weight excluding hydrogens is 304 g/mol. The van der Waals surface area contributed by atoms with Crippen molar-refractivity contribution in [2.24, 2.45) is 5.73 Å². The minimum absolute atomic E-state index is 0.245. The van der Waals surface area contributed by atoms with Crippen molar-refractivity contribution in [2.45, 2.75) is 19.4 Å². The number of H-pyrrole nitrogens is 1. The molecule has 2 aromatic rings. The molecule has 1 aromatic heterocycles. The number of fused-ring (bicyclic) bond motifs is 1. The third-order valence-corrected chi connectivity index (χ3v) is 3.01. The summed E-state index contributed by atoms with van der Waals surface area (Å²) in [6.07, 6.45) is -1.44. The first-order chi connectivity index (χ1) is 10.9. The molecule has 0 aliphatic carbocycles. The summed E-state index contributed by atoms with van der Waals surface area (Å²) in [6.45, 7) is 1.30. The first kappa shape index (κ1) is 16.1. The molecule has 23 heavy (non-hydrogen) atoms. The Morgan fingerprint density at radius 2 is 1.96 bits per heavy atom. The van der Waals surface area contributed by atoms with Crippen LogP contribution < -0.4 is 16.6 Å². The van der Waals surface area contributed by atoms with Crippen molar-refractivity contribution < 1.29 is 19.1 Å². The van der Waals surface area contributed by atoms with E-state index in [0.29, 0.717) is 16.5 Å². The lowest BCUT2D eigenvalue weighted by Gasteiger charge is -2.12. The Morgan fingerprint density at radius 3 is 2.61 bits per heavy atom. The Hall–Kier alpha value is -3.23. The first-order valence-corrected chi connectivity index (χ1v) is 6.64. The van der Waals surface area contributed by atoms with Crippen molar-refractivity contribution in [3.63, 3.8) is 0 Å². The van der Waals surface area contributed by atoms with Crippen molar-refractivity contribution in [2.75, 3.05) is 0 Å². The zero-order chi connectivity index (χ0) is 17.0. The van der Waals surface area contributed by atoms with E-state index in [1.54, 1.807) is 24.3 Å². The van der Waals surface area contributed by atoms with Crippen LogP contribution in [-0.2, 0) is 20.7 Å².